The molecule has 6 heteroatoms. The number of carbonyl (C=O) groups excluding carboxylic acids is 1. The summed E-state index contributed by atoms with van der Waals surface area (Å²) in [6.45, 7) is 0.540. The Balaban J connectivity index is 1.47. The van der Waals surface area contributed by atoms with Crippen molar-refractivity contribution >= 4 is 11.9 Å². The van der Waals surface area contributed by atoms with Crippen molar-refractivity contribution in [2.45, 2.75) is 6.61 Å². The molecule has 0 saturated carbocycles. The fourth-order valence-corrected chi connectivity index (χ4v) is 2.82. The number of hydrogen-bond acceptors (Lipinski definition) is 6. The Kier molecular flexibility index (Phi) is 5.21. The van der Waals surface area contributed by atoms with Gasteiger partial charge in [-0.25, -0.2) is 0 Å². The maximum atomic E-state index is 12.7. The molecule has 0 atom stereocenters. The van der Waals surface area contributed by atoms with Crippen molar-refractivity contribution in [2.24, 2.45) is 0 Å². The normalized spacial score (nSPS) is 12.3. The first kappa shape index (κ1) is 18.3. The number of allylic oxidation sites excluding steroid dienone is 1. The number of pyridine rings is 1. The predicted octanol–water partition coefficient (Wildman–Crippen LogP) is 4.18. The van der Waals surface area contributed by atoms with E-state index in [0.29, 0.717) is 29.4 Å². The van der Waals surface area contributed by atoms with Crippen LogP contribution in [0.4, 0.5) is 0 Å². The first-order chi connectivity index (χ1) is 14.2. The molecule has 3 aromatic rings. The molecule has 142 valence electrons. The number of rotatable bonds is 6. The minimum absolute atomic E-state index is 0.0351. The van der Waals surface area contributed by atoms with E-state index in [1.165, 1.54) is 0 Å². The van der Waals surface area contributed by atoms with Gasteiger partial charge in [-0.1, -0.05) is 18.2 Å². The first-order valence-electron chi connectivity index (χ1n) is 8.91. The van der Waals surface area contributed by atoms with Gasteiger partial charge in [0.05, 0.1) is 0 Å². The number of carbonyl (C=O) groups is 1. The number of hydrogen-bond donors (Lipinski definition) is 0. The zero-order chi connectivity index (χ0) is 20.1. The number of aromatic nitrogens is 1. The highest BCUT2D eigenvalue weighted by atomic mass is 16.7. The second-order valence-corrected chi connectivity index (χ2v) is 6.29. The van der Waals surface area contributed by atoms with Gasteiger partial charge in [-0.2, -0.15) is 5.26 Å². The third-order valence-electron chi connectivity index (χ3n) is 4.32. The van der Waals surface area contributed by atoms with Crippen LogP contribution in [-0.2, 0) is 6.61 Å². The molecule has 0 unspecified atom stereocenters. The Labute approximate surface area is 167 Å². The molecule has 29 heavy (non-hydrogen) atoms. The zero-order valence-corrected chi connectivity index (χ0v) is 15.4. The largest absolute Gasteiger partial charge is 0.489 e. The Hall–Kier alpha value is -4.11. The molecule has 1 aromatic heterocycles. The van der Waals surface area contributed by atoms with Gasteiger partial charge in [-0.05, 0) is 48.0 Å². The quantitative estimate of drug-likeness (QED) is 0.360. The van der Waals surface area contributed by atoms with Crippen LogP contribution in [-0.4, -0.2) is 17.6 Å². The molecular weight excluding hydrogens is 368 g/mol. The van der Waals surface area contributed by atoms with Crippen molar-refractivity contribution in [3.8, 4) is 23.3 Å². The van der Waals surface area contributed by atoms with Crippen molar-refractivity contribution in [1.29, 1.82) is 5.26 Å². The molecule has 0 fully saturated rings. The van der Waals surface area contributed by atoms with Crippen LogP contribution in [0.15, 0.2) is 72.6 Å². The van der Waals surface area contributed by atoms with E-state index >= 15 is 0 Å². The van der Waals surface area contributed by atoms with Crippen molar-refractivity contribution in [2.75, 3.05) is 6.79 Å². The minimum atomic E-state index is -0.372. The molecule has 1 aliphatic rings. The summed E-state index contributed by atoms with van der Waals surface area (Å²) in [5.41, 5.74) is 2.10. The van der Waals surface area contributed by atoms with Crippen LogP contribution in [0, 0.1) is 11.3 Å². The smallest absolute Gasteiger partial charge is 0.231 e. The van der Waals surface area contributed by atoms with Crippen LogP contribution < -0.4 is 14.2 Å². The average Bonchev–Trinajstić information content (AvgIpc) is 3.25. The molecule has 0 spiro atoms. The van der Waals surface area contributed by atoms with Gasteiger partial charge in [0.15, 0.2) is 11.5 Å². The maximum Gasteiger partial charge on any atom is 0.231 e. The monoisotopic (exact) mass is 384 g/mol. The predicted molar refractivity (Wildman–Crippen MR) is 105 cm³/mol. The van der Waals surface area contributed by atoms with Crippen molar-refractivity contribution in [1.82, 2.24) is 4.98 Å². The summed E-state index contributed by atoms with van der Waals surface area (Å²) >= 11 is 0. The fraction of sp³-hybridized carbons (Fsp3) is 0.0870. The average molecular weight is 384 g/mol. The van der Waals surface area contributed by atoms with E-state index < -0.39 is 0 Å². The summed E-state index contributed by atoms with van der Waals surface area (Å²) in [7, 11) is 0. The van der Waals surface area contributed by atoms with Crippen LogP contribution in [0.2, 0.25) is 0 Å². The van der Waals surface area contributed by atoms with Crippen LogP contribution in [0.5, 0.6) is 17.2 Å². The van der Waals surface area contributed by atoms with E-state index in [1.807, 2.05) is 18.2 Å². The second kappa shape index (κ2) is 8.28. The number of fused-ring (bicyclic) bond motifs is 1. The summed E-state index contributed by atoms with van der Waals surface area (Å²) in [6.07, 6.45) is 5.01. The Morgan fingerprint density at radius 2 is 1.97 bits per heavy atom. The molecule has 6 nitrogen and oxygen atoms in total. The van der Waals surface area contributed by atoms with Gasteiger partial charge in [0.25, 0.3) is 0 Å². The molecule has 0 amide bonds. The van der Waals surface area contributed by atoms with Crippen LogP contribution >= 0.6 is 0 Å². The highest BCUT2D eigenvalue weighted by molar-refractivity contribution is 6.14. The Morgan fingerprint density at radius 3 is 2.72 bits per heavy atom. The van der Waals surface area contributed by atoms with Gasteiger partial charge in [0, 0.05) is 23.5 Å². The molecule has 2 aromatic carbocycles. The zero-order valence-electron chi connectivity index (χ0n) is 15.4. The third-order valence-corrected chi connectivity index (χ3v) is 4.32. The van der Waals surface area contributed by atoms with Crippen LogP contribution in [0.25, 0.3) is 6.08 Å². The van der Waals surface area contributed by atoms with Gasteiger partial charge in [0.2, 0.25) is 12.6 Å². The van der Waals surface area contributed by atoms with Crippen LogP contribution in [0.1, 0.15) is 21.5 Å². The van der Waals surface area contributed by atoms with Crippen LogP contribution in [0.3, 0.4) is 0 Å². The summed E-state index contributed by atoms with van der Waals surface area (Å²) < 4.78 is 16.3. The summed E-state index contributed by atoms with van der Waals surface area (Å²) in [4.78, 5) is 16.7. The minimum Gasteiger partial charge on any atom is -0.489 e. The van der Waals surface area contributed by atoms with E-state index in [4.69, 9.17) is 14.2 Å². The molecule has 4 rings (SSSR count). The third kappa shape index (κ3) is 4.25. The van der Waals surface area contributed by atoms with Gasteiger partial charge in [-0.15, -0.1) is 0 Å². The maximum absolute atomic E-state index is 12.7. The number of Topliss-reactive ketones (excluding diaryl/α,β-unsaturated/α-hetero) is 1. The topological polar surface area (TPSA) is 81.4 Å². The Morgan fingerprint density at radius 1 is 1.14 bits per heavy atom. The van der Waals surface area contributed by atoms with Gasteiger partial charge in [0.1, 0.15) is 24.0 Å². The number of nitrogens with zero attached hydrogens (tertiary/aromatic N) is 2. The molecule has 0 bridgehead atoms. The number of benzene rings is 2. The van der Waals surface area contributed by atoms with Gasteiger partial charge >= 0.3 is 0 Å². The highest BCUT2D eigenvalue weighted by Gasteiger charge is 2.18. The van der Waals surface area contributed by atoms with Gasteiger partial charge in [-0.3, -0.25) is 9.78 Å². The lowest BCUT2D eigenvalue weighted by Crippen LogP contribution is -2.02. The fourth-order valence-electron chi connectivity index (χ4n) is 2.82. The van der Waals surface area contributed by atoms with E-state index in [0.717, 1.165) is 11.1 Å². The van der Waals surface area contributed by atoms with E-state index in [-0.39, 0.29) is 18.1 Å². The van der Waals surface area contributed by atoms with Crippen molar-refractivity contribution in [3.63, 3.8) is 0 Å². The van der Waals surface area contributed by atoms with E-state index in [1.54, 1.807) is 60.9 Å². The molecule has 0 aliphatic carbocycles. The number of ether oxygens (including phenoxy) is 3. The second-order valence-electron chi connectivity index (χ2n) is 6.29. The summed E-state index contributed by atoms with van der Waals surface area (Å²) in [5.74, 6) is 1.41. The van der Waals surface area contributed by atoms with Crippen molar-refractivity contribution in [3.05, 3.63) is 89.3 Å². The summed E-state index contributed by atoms with van der Waals surface area (Å²) in [5, 5.41) is 9.45. The van der Waals surface area contributed by atoms with E-state index in [9.17, 15) is 10.1 Å². The lowest BCUT2D eigenvalue weighted by atomic mass is 10.0. The Bertz CT molecular complexity index is 1100. The first-order valence-corrected chi connectivity index (χ1v) is 8.91. The highest BCUT2D eigenvalue weighted by Crippen LogP contribution is 2.33. The molecule has 1 aliphatic heterocycles. The molecule has 0 N–H and O–H groups in total. The number of nitriles is 1. The molecule has 0 radical (unpaired) electrons. The summed E-state index contributed by atoms with van der Waals surface area (Å²) in [6, 6.07) is 17.8. The lowest BCUT2D eigenvalue weighted by Gasteiger charge is -2.06. The van der Waals surface area contributed by atoms with E-state index in [2.05, 4.69) is 4.98 Å². The SMILES string of the molecule is N#C/C(=C/c1ccc(OCc2cccnc2)cc1)C(=O)c1ccc2c(c1)OCO2. The van der Waals surface area contributed by atoms with Gasteiger partial charge < -0.3 is 14.2 Å². The molecule has 0 saturated heterocycles. The molecular formula is C23H16N2O4. The number of ketones is 1. The molecule has 2 heterocycles. The standard InChI is InChI=1S/C23H16N2O4/c24-12-19(23(26)18-5-8-21-22(11-18)29-15-28-21)10-16-3-6-20(7-4-16)27-14-17-2-1-9-25-13-17/h1-11,13H,14-15H2/b19-10-. The van der Waals surface area contributed by atoms with Crippen molar-refractivity contribution < 1.29 is 19.0 Å². The lowest BCUT2D eigenvalue weighted by molar-refractivity contribution is 0.103.